The molecule has 2 rings (SSSR count). The molecular weight excluding hydrogens is 406 g/mol. The third-order valence-electron chi connectivity index (χ3n) is 4.05. The molecule has 168 valence electrons. The van der Waals surface area contributed by atoms with E-state index in [1.54, 1.807) is 30.5 Å². The lowest BCUT2D eigenvalue weighted by molar-refractivity contribution is -0.123. The summed E-state index contributed by atoms with van der Waals surface area (Å²) in [5.74, 6) is -0.180. The molecule has 0 aliphatic heterocycles. The van der Waals surface area contributed by atoms with Gasteiger partial charge in [0.25, 0.3) is 5.91 Å². The first-order chi connectivity index (χ1) is 15.1. The molecule has 1 heterocycles. The summed E-state index contributed by atoms with van der Waals surface area (Å²) in [6.07, 6.45) is 2.52. The highest BCUT2D eigenvalue weighted by Gasteiger charge is 2.06. The zero-order chi connectivity index (χ0) is 22.3. The molecule has 0 saturated heterocycles. The van der Waals surface area contributed by atoms with Gasteiger partial charge in [0.05, 0.1) is 45.2 Å². The summed E-state index contributed by atoms with van der Waals surface area (Å²) in [5, 5.41) is 3.42. The lowest BCUT2D eigenvalue weighted by atomic mass is 10.1. The van der Waals surface area contributed by atoms with Gasteiger partial charge in [-0.2, -0.15) is 0 Å². The highest BCUT2D eigenvalue weighted by atomic mass is 16.5. The number of carbonyl (C=O) groups excluding carboxylic acids is 3. The van der Waals surface area contributed by atoms with Crippen LogP contribution >= 0.6 is 0 Å². The summed E-state index contributed by atoms with van der Waals surface area (Å²) < 4.78 is 21.3. The molecule has 0 atom stereocenters. The Kier molecular flexibility index (Phi) is 10.9. The van der Waals surface area contributed by atoms with Crippen molar-refractivity contribution in [2.45, 2.75) is 6.42 Å². The molecule has 0 fully saturated rings. The fraction of sp³-hybridized carbons (Fsp3) is 0.429. The summed E-state index contributed by atoms with van der Waals surface area (Å²) >= 11 is 0. The fourth-order valence-electron chi connectivity index (χ4n) is 2.52. The van der Waals surface area contributed by atoms with E-state index in [0.717, 1.165) is 11.7 Å². The molecular formula is C21H27N3O7. The molecule has 0 saturated carbocycles. The van der Waals surface area contributed by atoms with Crippen molar-refractivity contribution < 1.29 is 33.3 Å². The second-order valence-electron chi connectivity index (χ2n) is 6.39. The standard InChI is InChI=1S/C21H27N3O7/c22-20(26)4-7-28-9-11-30-12-10-29-8-6-24-21(27)15-31-17-1-2-18-16(14-25)3-5-23-19(18)13-17/h1-3,5,13-14H,4,6-12,15H2,(H2,22,26)(H,24,27). The number of ether oxygens (including phenoxy) is 4. The first-order valence-electron chi connectivity index (χ1n) is 9.85. The minimum atomic E-state index is -0.395. The van der Waals surface area contributed by atoms with Crippen molar-refractivity contribution in [2.75, 3.05) is 52.8 Å². The van der Waals surface area contributed by atoms with Gasteiger partial charge >= 0.3 is 0 Å². The lowest BCUT2D eigenvalue weighted by Crippen LogP contribution is -2.31. The van der Waals surface area contributed by atoms with E-state index in [1.165, 1.54) is 0 Å². The number of nitrogens with one attached hydrogen (secondary N) is 1. The van der Waals surface area contributed by atoms with E-state index in [9.17, 15) is 14.4 Å². The average Bonchev–Trinajstić information content (AvgIpc) is 2.77. The first-order valence-corrected chi connectivity index (χ1v) is 9.85. The van der Waals surface area contributed by atoms with Gasteiger partial charge in [0.1, 0.15) is 5.75 Å². The number of aldehydes is 1. The summed E-state index contributed by atoms with van der Waals surface area (Å²) in [5.41, 5.74) is 6.16. The molecule has 0 radical (unpaired) electrons. The summed E-state index contributed by atoms with van der Waals surface area (Å²) in [6.45, 7) is 2.42. The number of amides is 2. The molecule has 0 unspecified atom stereocenters. The topological polar surface area (TPSA) is 139 Å². The Balaban J connectivity index is 1.50. The number of nitrogens with two attached hydrogens (primary N) is 1. The molecule has 3 N–H and O–H groups in total. The normalized spacial score (nSPS) is 10.7. The van der Waals surface area contributed by atoms with Crippen LogP contribution in [0.5, 0.6) is 5.75 Å². The van der Waals surface area contributed by atoms with Crippen LogP contribution in [-0.4, -0.2) is 75.9 Å². The van der Waals surface area contributed by atoms with E-state index in [-0.39, 0.29) is 25.5 Å². The minimum Gasteiger partial charge on any atom is -0.484 e. The van der Waals surface area contributed by atoms with Crippen LogP contribution in [0, 0.1) is 0 Å². The van der Waals surface area contributed by atoms with E-state index in [0.29, 0.717) is 56.4 Å². The van der Waals surface area contributed by atoms with Crippen LogP contribution in [0.2, 0.25) is 0 Å². The third kappa shape index (κ3) is 9.51. The largest absolute Gasteiger partial charge is 0.484 e. The van der Waals surface area contributed by atoms with Crippen molar-refractivity contribution in [1.29, 1.82) is 0 Å². The molecule has 10 heteroatoms. The van der Waals surface area contributed by atoms with Crippen LogP contribution in [0.25, 0.3) is 10.9 Å². The summed E-state index contributed by atoms with van der Waals surface area (Å²) in [4.78, 5) is 37.6. The quantitative estimate of drug-likeness (QED) is 0.288. The monoisotopic (exact) mass is 433 g/mol. The Hall–Kier alpha value is -3.08. The van der Waals surface area contributed by atoms with Crippen LogP contribution < -0.4 is 15.8 Å². The number of carbonyl (C=O) groups is 3. The fourth-order valence-corrected chi connectivity index (χ4v) is 2.52. The van der Waals surface area contributed by atoms with Gasteiger partial charge in [-0.3, -0.25) is 19.4 Å². The highest BCUT2D eigenvalue weighted by molar-refractivity contribution is 5.96. The summed E-state index contributed by atoms with van der Waals surface area (Å²) in [7, 11) is 0. The van der Waals surface area contributed by atoms with Crippen LogP contribution in [0.1, 0.15) is 16.8 Å². The minimum absolute atomic E-state index is 0.141. The molecule has 0 spiro atoms. The number of fused-ring (bicyclic) bond motifs is 1. The average molecular weight is 433 g/mol. The molecule has 10 nitrogen and oxygen atoms in total. The summed E-state index contributed by atoms with van der Waals surface area (Å²) in [6, 6.07) is 6.75. The second kappa shape index (κ2) is 14.0. The van der Waals surface area contributed by atoms with Crippen LogP contribution in [0.3, 0.4) is 0 Å². The van der Waals surface area contributed by atoms with E-state index in [4.69, 9.17) is 24.7 Å². The number of hydrogen-bond donors (Lipinski definition) is 2. The lowest BCUT2D eigenvalue weighted by Gasteiger charge is -2.09. The first kappa shape index (κ1) is 24.2. The van der Waals surface area contributed by atoms with Crippen molar-refractivity contribution in [1.82, 2.24) is 10.3 Å². The van der Waals surface area contributed by atoms with E-state index in [1.807, 2.05) is 0 Å². The molecule has 1 aromatic carbocycles. The molecule has 2 amide bonds. The number of rotatable bonds is 16. The number of aromatic nitrogens is 1. The van der Waals surface area contributed by atoms with Crippen molar-refractivity contribution in [3.63, 3.8) is 0 Å². The van der Waals surface area contributed by atoms with E-state index in [2.05, 4.69) is 10.3 Å². The molecule has 2 aromatic rings. The maximum Gasteiger partial charge on any atom is 0.258 e. The number of hydrogen-bond acceptors (Lipinski definition) is 8. The molecule has 31 heavy (non-hydrogen) atoms. The Morgan fingerprint density at radius 2 is 1.71 bits per heavy atom. The Bertz CT molecular complexity index is 860. The molecule has 0 aliphatic rings. The zero-order valence-electron chi connectivity index (χ0n) is 17.2. The Morgan fingerprint density at radius 3 is 2.42 bits per heavy atom. The predicted molar refractivity (Wildman–Crippen MR) is 112 cm³/mol. The van der Waals surface area contributed by atoms with E-state index < -0.39 is 5.91 Å². The van der Waals surface area contributed by atoms with Gasteiger partial charge in [-0.05, 0) is 18.2 Å². The Labute approximate surface area is 180 Å². The maximum atomic E-state index is 11.9. The SMILES string of the molecule is NC(=O)CCOCCOCCOCCNC(=O)COc1ccc2c(C=O)ccnc2c1. The predicted octanol–water partition coefficient (Wildman–Crippen LogP) is 0.468. The van der Waals surface area contributed by atoms with Crippen LogP contribution in [0.4, 0.5) is 0 Å². The third-order valence-corrected chi connectivity index (χ3v) is 4.05. The van der Waals surface area contributed by atoms with Crippen molar-refractivity contribution >= 4 is 29.0 Å². The number of benzene rings is 1. The number of pyridine rings is 1. The van der Waals surface area contributed by atoms with Gasteiger partial charge in [0, 0.05) is 36.2 Å². The second-order valence-corrected chi connectivity index (χ2v) is 6.39. The van der Waals surface area contributed by atoms with Gasteiger partial charge in [0.15, 0.2) is 12.9 Å². The van der Waals surface area contributed by atoms with Gasteiger partial charge in [0.2, 0.25) is 5.91 Å². The van der Waals surface area contributed by atoms with Gasteiger partial charge in [-0.1, -0.05) is 0 Å². The van der Waals surface area contributed by atoms with E-state index >= 15 is 0 Å². The van der Waals surface area contributed by atoms with Crippen molar-refractivity contribution in [3.05, 3.63) is 36.0 Å². The molecule has 0 aliphatic carbocycles. The zero-order valence-corrected chi connectivity index (χ0v) is 17.2. The highest BCUT2D eigenvalue weighted by Crippen LogP contribution is 2.21. The number of nitrogens with zero attached hydrogens (tertiary/aromatic N) is 1. The maximum absolute atomic E-state index is 11.9. The van der Waals surface area contributed by atoms with Gasteiger partial charge in [-0.15, -0.1) is 0 Å². The molecule has 0 bridgehead atoms. The molecule has 1 aromatic heterocycles. The number of primary amides is 1. The Morgan fingerprint density at radius 1 is 1.00 bits per heavy atom. The van der Waals surface area contributed by atoms with Crippen molar-refractivity contribution in [2.24, 2.45) is 5.73 Å². The van der Waals surface area contributed by atoms with Crippen LogP contribution in [-0.2, 0) is 23.8 Å². The van der Waals surface area contributed by atoms with Gasteiger partial charge < -0.3 is 30.0 Å². The van der Waals surface area contributed by atoms with Gasteiger partial charge in [-0.25, -0.2) is 0 Å². The van der Waals surface area contributed by atoms with Crippen LogP contribution in [0.15, 0.2) is 30.5 Å². The smallest absolute Gasteiger partial charge is 0.258 e. The van der Waals surface area contributed by atoms with Crippen molar-refractivity contribution in [3.8, 4) is 5.75 Å².